The molecule has 6 nitrogen and oxygen atoms in total. The summed E-state index contributed by atoms with van der Waals surface area (Å²) in [5.74, 6) is 0.106. The third-order valence-electron chi connectivity index (χ3n) is 3.33. The predicted molar refractivity (Wildman–Crippen MR) is 104 cm³/mol. The summed E-state index contributed by atoms with van der Waals surface area (Å²) in [5, 5.41) is 4.17. The zero-order valence-electron chi connectivity index (χ0n) is 14.1. The van der Waals surface area contributed by atoms with Crippen LogP contribution in [0.25, 0.3) is 6.08 Å². The minimum atomic E-state index is -3.62. The summed E-state index contributed by atoms with van der Waals surface area (Å²) in [6.45, 7) is -0.0316. The number of carbonyl (C=O) groups is 1. The maximum Gasteiger partial charge on any atom is 0.233 e. The highest BCUT2D eigenvalue weighted by molar-refractivity contribution is 7.92. The van der Waals surface area contributed by atoms with Crippen LogP contribution in [0.15, 0.2) is 53.9 Å². The van der Waals surface area contributed by atoms with E-state index in [9.17, 15) is 13.2 Å². The summed E-state index contributed by atoms with van der Waals surface area (Å²) in [6.07, 6.45) is 1.45. The van der Waals surface area contributed by atoms with Crippen molar-refractivity contribution in [1.29, 1.82) is 0 Å². The second kappa shape index (κ2) is 9.38. The first-order chi connectivity index (χ1) is 12.4. The van der Waals surface area contributed by atoms with Crippen LogP contribution >= 0.6 is 11.6 Å². The van der Waals surface area contributed by atoms with Crippen LogP contribution in [-0.2, 0) is 14.8 Å². The zero-order valence-corrected chi connectivity index (χ0v) is 15.7. The third kappa shape index (κ3) is 6.51. The Kier molecular flexibility index (Phi) is 7.20. The Morgan fingerprint density at radius 1 is 1.19 bits per heavy atom. The molecule has 0 aliphatic rings. The average molecular weight is 395 g/mol. The van der Waals surface area contributed by atoms with Gasteiger partial charge >= 0.3 is 0 Å². The summed E-state index contributed by atoms with van der Waals surface area (Å²) in [4.78, 5) is 12.0. The first-order valence-corrected chi connectivity index (χ1v) is 9.68. The Hall–Kier alpha value is -2.35. The van der Waals surface area contributed by atoms with Crippen molar-refractivity contribution in [2.24, 2.45) is 0 Å². The lowest BCUT2D eigenvalue weighted by Crippen LogP contribution is -2.26. The number of anilines is 1. The summed E-state index contributed by atoms with van der Waals surface area (Å²) in [6, 6.07) is 13.9. The van der Waals surface area contributed by atoms with E-state index in [1.165, 1.54) is 13.2 Å². The van der Waals surface area contributed by atoms with E-state index in [1.54, 1.807) is 30.3 Å². The highest BCUT2D eigenvalue weighted by Crippen LogP contribution is 2.27. The zero-order chi connectivity index (χ0) is 19.0. The molecule has 2 N–H and O–H groups in total. The molecule has 0 saturated carbocycles. The van der Waals surface area contributed by atoms with Gasteiger partial charge in [-0.25, -0.2) is 13.1 Å². The number of halogens is 1. The maximum atomic E-state index is 12.0. The van der Waals surface area contributed by atoms with Gasteiger partial charge in [-0.05, 0) is 29.8 Å². The number of ether oxygens (including phenoxy) is 1. The van der Waals surface area contributed by atoms with Gasteiger partial charge in [0.1, 0.15) is 5.75 Å². The Balaban J connectivity index is 1.86. The Morgan fingerprint density at radius 3 is 2.62 bits per heavy atom. The van der Waals surface area contributed by atoms with Gasteiger partial charge in [0.15, 0.2) is 0 Å². The van der Waals surface area contributed by atoms with E-state index in [4.69, 9.17) is 16.3 Å². The SMILES string of the molecule is COc1ccc(Cl)cc1NC(=O)CCNS(=O)(=O)/C=C/c1ccccc1. The van der Waals surface area contributed by atoms with Gasteiger partial charge in [-0.15, -0.1) is 0 Å². The molecule has 2 rings (SSSR count). The number of hydrogen-bond acceptors (Lipinski definition) is 4. The monoisotopic (exact) mass is 394 g/mol. The molecular formula is C18H19ClN2O4S. The van der Waals surface area contributed by atoms with E-state index in [-0.39, 0.29) is 18.9 Å². The Labute approximate surface area is 157 Å². The number of benzene rings is 2. The molecule has 26 heavy (non-hydrogen) atoms. The molecule has 0 unspecified atom stereocenters. The van der Waals surface area contributed by atoms with E-state index in [1.807, 2.05) is 18.2 Å². The average Bonchev–Trinajstić information content (AvgIpc) is 2.61. The largest absolute Gasteiger partial charge is 0.495 e. The highest BCUT2D eigenvalue weighted by atomic mass is 35.5. The topological polar surface area (TPSA) is 84.5 Å². The van der Waals surface area contributed by atoms with Crippen molar-refractivity contribution >= 4 is 39.3 Å². The molecule has 1 amide bonds. The van der Waals surface area contributed by atoms with Gasteiger partial charge in [-0.1, -0.05) is 41.9 Å². The number of methoxy groups -OCH3 is 1. The molecule has 0 aromatic heterocycles. The van der Waals surface area contributed by atoms with Crippen molar-refractivity contribution in [3.05, 3.63) is 64.5 Å². The fourth-order valence-electron chi connectivity index (χ4n) is 2.08. The summed E-state index contributed by atoms with van der Waals surface area (Å²) < 4.78 is 31.3. The van der Waals surface area contributed by atoms with Gasteiger partial charge in [-0.3, -0.25) is 4.79 Å². The summed E-state index contributed by atoms with van der Waals surface area (Å²) >= 11 is 5.90. The fourth-order valence-corrected chi connectivity index (χ4v) is 3.07. The Morgan fingerprint density at radius 2 is 1.92 bits per heavy atom. The van der Waals surface area contributed by atoms with Gasteiger partial charge in [0, 0.05) is 23.4 Å². The number of hydrogen-bond donors (Lipinski definition) is 2. The number of nitrogens with one attached hydrogen (secondary N) is 2. The van der Waals surface area contributed by atoms with Crippen LogP contribution in [0.5, 0.6) is 5.75 Å². The van der Waals surface area contributed by atoms with Crippen molar-refractivity contribution in [2.45, 2.75) is 6.42 Å². The normalized spacial score (nSPS) is 11.5. The molecular weight excluding hydrogens is 376 g/mol. The fraction of sp³-hybridized carbons (Fsp3) is 0.167. The van der Waals surface area contributed by atoms with Crippen LogP contribution in [-0.4, -0.2) is 28.0 Å². The van der Waals surface area contributed by atoms with Gasteiger partial charge in [-0.2, -0.15) is 0 Å². The van der Waals surface area contributed by atoms with Crippen LogP contribution in [0.2, 0.25) is 5.02 Å². The predicted octanol–water partition coefficient (Wildman–Crippen LogP) is 3.27. The van der Waals surface area contributed by atoms with Gasteiger partial charge in [0.2, 0.25) is 15.9 Å². The minimum absolute atomic E-state index is 0.0316. The van der Waals surface area contributed by atoms with E-state index in [2.05, 4.69) is 10.0 Å². The quantitative estimate of drug-likeness (QED) is 0.719. The third-order valence-corrected chi connectivity index (χ3v) is 4.67. The van der Waals surface area contributed by atoms with Crippen molar-refractivity contribution in [2.75, 3.05) is 19.0 Å². The molecule has 0 aliphatic carbocycles. The summed E-state index contributed by atoms with van der Waals surface area (Å²) in [5.41, 5.74) is 1.19. The first kappa shape index (κ1) is 20.0. The lowest BCUT2D eigenvalue weighted by molar-refractivity contribution is -0.116. The number of amides is 1. The molecule has 2 aromatic carbocycles. The lowest BCUT2D eigenvalue weighted by atomic mass is 10.2. The van der Waals surface area contributed by atoms with E-state index in [0.29, 0.717) is 16.5 Å². The van der Waals surface area contributed by atoms with Crippen molar-refractivity contribution in [3.8, 4) is 5.75 Å². The van der Waals surface area contributed by atoms with E-state index in [0.717, 1.165) is 11.0 Å². The molecule has 0 fully saturated rings. The molecule has 0 radical (unpaired) electrons. The second-order valence-corrected chi connectivity index (χ2v) is 7.38. The van der Waals surface area contributed by atoms with Crippen LogP contribution in [0, 0.1) is 0 Å². The van der Waals surface area contributed by atoms with Gasteiger partial charge in [0.25, 0.3) is 0 Å². The smallest absolute Gasteiger partial charge is 0.233 e. The lowest BCUT2D eigenvalue weighted by Gasteiger charge is -2.10. The standard InChI is InChI=1S/C18H19ClN2O4S/c1-25-17-8-7-15(19)13-16(17)21-18(22)9-11-20-26(23,24)12-10-14-5-3-2-4-6-14/h2-8,10,12-13,20H,9,11H2,1H3,(H,21,22)/b12-10+. The minimum Gasteiger partial charge on any atom is -0.495 e. The molecule has 138 valence electrons. The van der Waals surface area contributed by atoms with Crippen LogP contribution in [0.3, 0.4) is 0 Å². The molecule has 0 heterocycles. The van der Waals surface area contributed by atoms with Gasteiger partial charge in [0.05, 0.1) is 12.8 Å². The maximum absolute atomic E-state index is 12.0. The van der Waals surface area contributed by atoms with E-state index < -0.39 is 10.0 Å². The molecule has 0 spiro atoms. The molecule has 2 aromatic rings. The molecule has 8 heteroatoms. The molecule has 0 saturated heterocycles. The van der Waals surface area contributed by atoms with Crippen LogP contribution < -0.4 is 14.8 Å². The highest BCUT2D eigenvalue weighted by Gasteiger charge is 2.10. The van der Waals surface area contributed by atoms with Gasteiger partial charge < -0.3 is 10.1 Å². The number of carbonyl (C=O) groups excluding carboxylic acids is 1. The van der Waals surface area contributed by atoms with Crippen LogP contribution in [0.4, 0.5) is 5.69 Å². The summed E-state index contributed by atoms with van der Waals surface area (Å²) in [7, 11) is -2.15. The number of rotatable bonds is 8. The molecule has 0 bridgehead atoms. The van der Waals surface area contributed by atoms with Crippen molar-refractivity contribution in [1.82, 2.24) is 4.72 Å². The second-order valence-electron chi connectivity index (χ2n) is 5.30. The Bertz CT molecular complexity index is 883. The van der Waals surface area contributed by atoms with Crippen molar-refractivity contribution in [3.63, 3.8) is 0 Å². The van der Waals surface area contributed by atoms with Crippen LogP contribution in [0.1, 0.15) is 12.0 Å². The molecule has 0 atom stereocenters. The molecule has 0 aliphatic heterocycles. The van der Waals surface area contributed by atoms with Crippen molar-refractivity contribution < 1.29 is 17.9 Å². The number of sulfonamides is 1. The first-order valence-electron chi connectivity index (χ1n) is 7.76. The van der Waals surface area contributed by atoms with E-state index >= 15 is 0 Å².